The molecule has 1 aromatic heterocycles. The van der Waals surface area contributed by atoms with Crippen LogP contribution in [0.4, 0.5) is 5.82 Å². The van der Waals surface area contributed by atoms with Gasteiger partial charge in [0.05, 0.1) is 0 Å². The van der Waals surface area contributed by atoms with E-state index in [4.69, 9.17) is 5.73 Å². The van der Waals surface area contributed by atoms with E-state index in [0.717, 1.165) is 12.7 Å². The molecule has 1 aromatic rings. The smallest absolute Gasteiger partial charge is 0.349 e. The Labute approximate surface area is 74.2 Å². The summed E-state index contributed by atoms with van der Waals surface area (Å²) in [5.41, 5.74) is 4.94. The third-order valence-electron chi connectivity index (χ3n) is 2.19. The number of anilines is 1. The second kappa shape index (κ2) is 2.69. The number of carbonyl (C=O) groups excluding carboxylic acids is 1. The minimum atomic E-state index is -0.380. The summed E-state index contributed by atoms with van der Waals surface area (Å²) in [6.45, 7) is 0. The fourth-order valence-corrected chi connectivity index (χ4v) is 1.34. The van der Waals surface area contributed by atoms with E-state index in [1.807, 2.05) is 0 Å². The highest BCUT2D eigenvalue weighted by molar-refractivity contribution is 5.58. The van der Waals surface area contributed by atoms with Gasteiger partial charge in [0.1, 0.15) is 12.1 Å². The summed E-state index contributed by atoms with van der Waals surface area (Å²) < 4.78 is 1.45. The van der Waals surface area contributed by atoms with E-state index in [0.29, 0.717) is 0 Å². The molecule has 1 aliphatic rings. The molecule has 0 unspecified atom stereocenters. The number of hydrogen-bond donors (Lipinski definition) is 1. The van der Waals surface area contributed by atoms with Crippen LogP contribution in [0.25, 0.3) is 0 Å². The Balaban J connectivity index is 2.33. The van der Waals surface area contributed by atoms with Crippen molar-refractivity contribution in [3.05, 3.63) is 22.7 Å². The molecule has 0 spiro atoms. The van der Waals surface area contributed by atoms with Gasteiger partial charge in [0.25, 0.3) is 0 Å². The van der Waals surface area contributed by atoms with Crippen LogP contribution < -0.4 is 11.4 Å². The topological polar surface area (TPSA) is 78.0 Å². The third kappa shape index (κ3) is 1.32. The zero-order valence-electron chi connectivity index (χ0n) is 6.88. The molecule has 0 radical (unpaired) electrons. The quantitative estimate of drug-likeness (QED) is 0.626. The molecule has 1 saturated carbocycles. The van der Waals surface area contributed by atoms with Gasteiger partial charge >= 0.3 is 5.69 Å². The van der Waals surface area contributed by atoms with Gasteiger partial charge in [-0.3, -0.25) is 4.57 Å². The zero-order valence-corrected chi connectivity index (χ0v) is 6.88. The van der Waals surface area contributed by atoms with E-state index in [1.165, 1.54) is 4.57 Å². The average Bonchev–Trinajstić information content (AvgIpc) is 2.83. The molecular weight excluding hydrogens is 170 g/mol. The minimum Gasteiger partial charge on any atom is -0.383 e. The number of aldehydes is 1. The Morgan fingerprint density at radius 3 is 3.00 bits per heavy atom. The van der Waals surface area contributed by atoms with Gasteiger partial charge in [-0.25, -0.2) is 4.79 Å². The molecule has 1 aliphatic carbocycles. The first-order chi connectivity index (χ1) is 6.22. The van der Waals surface area contributed by atoms with Crippen LogP contribution >= 0.6 is 0 Å². The van der Waals surface area contributed by atoms with Crippen molar-refractivity contribution in [3.8, 4) is 0 Å². The van der Waals surface area contributed by atoms with Crippen molar-refractivity contribution in [2.75, 3.05) is 5.73 Å². The van der Waals surface area contributed by atoms with Crippen molar-refractivity contribution in [2.24, 2.45) is 5.92 Å². The van der Waals surface area contributed by atoms with Crippen molar-refractivity contribution < 1.29 is 4.79 Å². The number of nitrogens with zero attached hydrogens (tertiary/aromatic N) is 2. The first kappa shape index (κ1) is 7.97. The lowest BCUT2D eigenvalue weighted by Gasteiger charge is -2.01. The highest BCUT2D eigenvalue weighted by Crippen LogP contribution is 2.40. The molecule has 2 N–H and O–H groups in total. The van der Waals surface area contributed by atoms with Crippen LogP contribution in [0.3, 0.4) is 0 Å². The van der Waals surface area contributed by atoms with Gasteiger partial charge in [0.15, 0.2) is 0 Å². The Morgan fingerprint density at radius 1 is 1.69 bits per heavy atom. The number of hydrogen-bond acceptors (Lipinski definition) is 4. The van der Waals surface area contributed by atoms with E-state index < -0.39 is 0 Å². The molecule has 0 bridgehead atoms. The zero-order chi connectivity index (χ0) is 9.42. The fraction of sp³-hybridized carbons (Fsp3) is 0.375. The van der Waals surface area contributed by atoms with Gasteiger partial charge in [-0.2, -0.15) is 4.98 Å². The van der Waals surface area contributed by atoms with Crippen molar-refractivity contribution in [2.45, 2.75) is 12.5 Å². The molecule has 5 nitrogen and oxygen atoms in total. The van der Waals surface area contributed by atoms with Gasteiger partial charge in [-0.1, -0.05) is 0 Å². The molecule has 68 valence electrons. The summed E-state index contributed by atoms with van der Waals surface area (Å²) in [6.07, 6.45) is 3.18. The van der Waals surface area contributed by atoms with Crippen LogP contribution in [0.5, 0.6) is 0 Å². The van der Waals surface area contributed by atoms with Crippen LogP contribution in [0.15, 0.2) is 17.1 Å². The monoisotopic (exact) mass is 179 g/mol. The normalized spacial score (nSPS) is 25.5. The lowest BCUT2D eigenvalue weighted by Crippen LogP contribution is -2.22. The molecular formula is C8H9N3O2. The van der Waals surface area contributed by atoms with Gasteiger partial charge in [0, 0.05) is 18.2 Å². The van der Waals surface area contributed by atoms with E-state index >= 15 is 0 Å². The predicted octanol–water partition coefficient (Wildman–Crippen LogP) is -0.415. The number of aromatic nitrogens is 2. The molecule has 5 heteroatoms. The van der Waals surface area contributed by atoms with E-state index in [9.17, 15) is 9.59 Å². The highest BCUT2D eigenvalue weighted by atomic mass is 16.1. The summed E-state index contributed by atoms with van der Waals surface area (Å²) in [6, 6.07) is 1.56. The maximum absolute atomic E-state index is 11.2. The molecule has 13 heavy (non-hydrogen) atoms. The lowest BCUT2D eigenvalue weighted by atomic mass is 10.4. The van der Waals surface area contributed by atoms with Crippen molar-refractivity contribution in [1.29, 1.82) is 0 Å². The number of nitrogen functional groups attached to an aromatic ring is 1. The molecule has 2 atom stereocenters. The molecule has 0 saturated heterocycles. The second-order valence-corrected chi connectivity index (χ2v) is 3.15. The van der Waals surface area contributed by atoms with Crippen molar-refractivity contribution >= 4 is 12.1 Å². The average molecular weight is 179 g/mol. The predicted molar refractivity (Wildman–Crippen MR) is 46.1 cm³/mol. The molecule has 0 amide bonds. The summed E-state index contributed by atoms with van der Waals surface area (Å²) in [5.74, 6) is 0.188. The largest absolute Gasteiger partial charge is 0.383 e. The molecule has 1 fully saturated rings. The Morgan fingerprint density at radius 2 is 2.46 bits per heavy atom. The maximum atomic E-state index is 11.2. The Hall–Kier alpha value is -1.65. The van der Waals surface area contributed by atoms with Gasteiger partial charge in [-0.05, 0) is 12.5 Å². The van der Waals surface area contributed by atoms with Crippen molar-refractivity contribution in [3.63, 3.8) is 0 Å². The standard InChI is InChI=1S/C8H9N3O2/c9-7-1-2-11(8(13)10-7)6-3-5(6)4-12/h1-2,4-6H,3H2,(H2,9,10,13)/t5-,6-/m1/s1. The first-order valence-corrected chi connectivity index (χ1v) is 4.02. The van der Waals surface area contributed by atoms with Gasteiger partial charge in [-0.15, -0.1) is 0 Å². The SMILES string of the molecule is Nc1ccn([C@@H]2C[C@@H]2C=O)c(=O)n1. The number of rotatable bonds is 2. The fourth-order valence-electron chi connectivity index (χ4n) is 1.34. The van der Waals surface area contributed by atoms with Crippen LogP contribution in [0, 0.1) is 5.92 Å². The maximum Gasteiger partial charge on any atom is 0.349 e. The highest BCUT2D eigenvalue weighted by Gasteiger charge is 2.39. The van der Waals surface area contributed by atoms with Crippen LogP contribution in [0.1, 0.15) is 12.5 Å². The minimum absolute atomic E-state index is 0.00176. The van der Waals surface area contributed by atoms with Crippen LogP contribution in [-0.4, -0.2) is 15.8 Å². The first-order valence-electron chi connectivity index (χ1n) is 4.02. The second-order valence-electron chi connectivity index (χ2n) is 3.15. The van der Waals surface area contributed by atoms with Crippen LogP contribution in [0.2, 0.25) is 0 Å². The molecule has 1 heterocycles. The summed E-state index contributed by atoms with van der Waals surface area (Å²) in [7, 11) is 0. The van der Waals surface area contributed by atoms with Crippen LogP contribution in [-0.2, 0) is 4.79 Å². The van der Waals surface area contributed by atoms with E-state index in [-0.39, 0.29) is 23.5 Å². The lowest BCUT2D eigenvalue weighted by molar-refractivity contribution is -0.109. The Kier molecular flexibility index (Phi) is 1.65. The van der Waals surface area contributed by atoms with Gasteiger partial charge in [0.2, 0.25) is 0 Å². The molecule has 0 aromatic carbocycles. The summed E-state index contributed by atoms with van der Waals surface area (Å²) in [5, 5.41) is 0. The Bertz CT molecular complexity index is 399. The summed E-state index contributed by atoms with van der Waals surface area (Å²) >= 11 is 0. The third-order valence-corrected chi connectivity index (χ3v) is 2.19. The van der Waals surface area contributed by atoms with Crippen molar-refractivity contribution in [1.82, 2.24) is 9.55 Å². The number of nitrogens with two attached hydrogens (primary N) is 1. The van der Waals surface area contributed by atoms with Gasteiger partial charge < -0.3 is 10.5 Å². The van der Waals surface area contributed by atoms with E-state index in [1.54, 1.807) is 12.3 Å². The van der Waals surface area contributed by atoms with E-state index in [2.05, 4.69) is 4.98 Å². The number of carbonyl (C=O) groups is 1. The summed E-state index contributed by atoms with van der Waals surface area (Å²) in [4.78, 5) is 25.2. The molecule has 0 aliphatic heterocycles. The molecule has 2 rings (SSSR count).